The third kappa shape index (κ3) is 6.38. The van der Waals surface area contributed by atoms with Crippen molar-refractivity contribution >= 4 is 11.9 Å². The Hall–Kier alpha value is -1.91. The fourth-order valence-electron chi connectivity index (χ4n) is 1.83. The normalized spacial score (nSPS) is 12.6. The quantitative estimate of drug-likeness (QED) is 0.849. The van der Waals surface area contributed by atoms with Gasteiger partial charge >= 0.3 is 5.97 Å². The molecular weight excluding hydrogens is 273 g/mol. The summed E-state index contributed by atoms with van der Waals surface area (Å²) in [5.41, 5.74) is -0.142. The van der Waals surface area contributed by atoms with Gasteiger partial charge in [0.25, 0.3) is 0 Å². The SMILES string of the molecule is CC(NC(=O)CCC(=O)OC(C)(C)C)c1ccccc1F. The summed E-state index contributed by atoms with van der Waals surface area (Å²) < 4.78 is 18.7. The molecule has 0 spiro atoms. The minimum absolute atomic E-state index is 0.00704. The molecule has 1 atom stereocenters. The first kappa shape index (κ1) is 17.1. The lowest BCUT2D eigenvalue weighted by atomic mass is 10.1. The zero-order valence-electron chi connectivity index (χ0n) is 12.9. The summed E-state index contributed by atoms with van der Waals surface area (Å²) in [6.07, 6.45) is 0.0286. The molecule has 0 saturated heterocycles. The maximum atomic E-state index is 13.6. The summed E-state index contributed by atoms with van der Waals surface area (Å²) in [7, 11) is 0. The Morgan fingerprint density at radius 1 is 1.24 bits per heavy atom. The minimum atomic E-state index is -0.561. The Morgan fingerprint density at radius 2 is 1.86 bits per heavy atom. The molecule has 0 fully saturated rings. The van der Waals surface area contributed by atoms with E-state index in [1.54, 1.807) is 45.9 Å². The molecule has 0 aliphatic rings. The lowest BCUT2D eigenvalue weighted by molar-refractivity contribution is -0.155. The number of amides is 1. The van der Waals surface area contributed by atoms with E-state index in [-0.39, 0.29) is 24.6 Å². The van der Waals surface area contributed by atoms with Gasteiger partial charge in [0.05, 0.1) is 12.5 Å². The molecule has 0 bridgehead atoms. The van der Waals surface area contributed by atoms with Crippen molar-refractivity contribution in [2.24, 2.45) is 0 Å². The molecule has 1 unspecified atom stereocenters. The molecule has 0 aromatic heterocycles. The first-order chi connectivity index (χ1) is 9.69. The summed E-state index contributed by atoms with van der Waals surface area (Å²) in [5.74, 6) is -1.09. The van der Waals surface area contributed by atoms with Gasteiger partial charge in [0.1, 0.15) is 11.4 Å². The largest absolute Gasteiger partial charge is 0.460 e. The maximum Gasteiger partial charge on any atom is 0.306 e. The van der Waals surface area contributed by atoms with E-state index in [0.29, 0.717) is 5.56 Å². The number of hydrogen-bond acceptors (Lipinski definition) is 3. The Kier molecular flexibility index (Phi) is 5.88. The monoisotopic (exact) mass is 295 g/mol. The highest BCUT2D eigenvalue weighted by atomic mass is 19.1. The summed E-state index contributed by atoms with van der Waals surface area (Å²) in [4.78, 5) is 23.3. The van der Waals surface area contributed by atoms with E-state index >= 15 is 0 Å². The standard InChI is InChI=1S/C16H22FNO3/c1-11(12-7-5-6-8-13(12)17)18-14(19)9-10-15(20)21-16(2,3)4/h5-8,11H,9-10H2,1-4H3,(H,18,19). The lowest BCUT2D eigenvalue weighted by Crippen LogP contribution is -2.29. The summed E-state index contributed by atoms with van der Waals surface area (Å²) in [5, 5.41) is 2.67. The first-order valence-electron chi connectivity index (χ1n) is 6.94. The lowest BCUT2D eigenvalue weighted by Gasteiger charge is -2.19. The van der Waals surface area contributed by atoms with Crippen LogP contribution in [0.1, 0.15) is 52.1 Å². The predicted octanol–water partition coefficient (Wildman–Crippen LogP) is 3.12. The van der Waals surface area contributed by atoms with Gasteiger partial charge in [0.2, 0.25) is 5.91 Å². The molecule has 0 saturated carbocycles. The summed E-state index contributed by atoms with van der Waals surface area (Å²) in [6, 6.07) is 5.82. The fraction of sp³-hybridized carbons (Fsp3) is 0.500. The zero-order valence-corrected chi connectivity index (χ0v) is 12.9. The van der Waals surface area contributed by atoms with Crippen molar-refractivity contribution in [3.05, 3.63) is 35.6 Å². The van der Waals surface area contributed by atoms with E-state index < -0.39 is 17.6 Å². The van der Waals surface area contributed by atoms with E-state index in [4.69, 9.17) is 4.74 Å². The van der Waals surface area contributed by atoms with Gasteiger partial charge in [0.15, 0.2) is 0 Å². The number of benzene rings is 1. The van der Waals surface area contributed by atoms with Crippen LogP contribution < -0.4 is 5.32 Å². The molecular formula is C16H22FNO3. The number of esters is 1. The molecule has 0 radical (unpaired) electrons. The van der Waals surface area contributed by atoms with Crippen LogP contribution in [0.15, 0.2) is 24.3 Å². The fourth-order valence-corrected chi connectivity index (χ4v) is 1.83. The predicted molar refractivity (Wildman–Crippen MR) is 78.0 cm³/mol. The van der Waals surface area contributed by atoms with Crippen molar-refractivity contribution in [2.45, 2.75) is 52.2 Å². The molecule has 21 heavy (non-hydrogen) atoms. The summed E-state index contributed by atoms with van der Waals surface area (Å²) >= 11 is 0. The van der Waals surface area contributed by atoms with Crippen LogP contribution in [0.4, 0.5) is 4.39 Å². The van der Waals surface area contributed by atoms with Gasteiger partial charge in [-0.3, -0.25) is 9.59 Å². The summed E-state index contributed by atoms with van der Waals surface area (Å²) in [6.45, 7) is 7.01. The van der Waals surface area contributed by atoms with Crippen molar-refractivity contribution in [3.63, 3.8) is 0 Å². The number of rotatable bonds is 5. The van der Waals surface area contributed by atoms with E-state index in [1.807, 2.05) is 0 Å². The van der Waals surface area contributed by atoms with Crippen LogP contribution in [-0.2, 0) is 14.3 Å². The number of carbonyl (C=O) groups is 2. The Bertz CT molecular complexity index is 508. The highest BCUT2D eigenvalue weighted by Gasteiger charge is 2.18. The van der Waals surface area contributed by atoms with Crippen LogP contribution >= 0.6 is 0 Å². The molecule has 4 nitrogen and oxygen atoms in total. The number of carbonyl (C=O) groups excluding carboxylic acids is 2. The molecule has 1 amide bonds. The molecule has 0 heterocycles. The number of halogens is 1. The van der Waals surface area contributed by atoms with Gasteiger partial charge < -0.3 is 10.1 Å². The van der Waals surface area contributed by atoms with E-state index in [0.717, 1.165) is 0 Å². The van der Waals surface area contributed by atoms with Crippen LogP contribution in [0.5, 0.6) is 0 Å². The first-order valence-corrected chi connectivity index (χ1v) is 6.94. The molecule has 1 aromatic rings. The number of nitrogens with one attached hydrogen (secondary N) is 1. The van der Waals surface area contributed by atoms with Gasteiger partial charge in [-0.2, -0.15) is 0 Å². The van der Waals surface area contributed by atoms with Crippen molar-refractivity contribution in [1.82, 2.24) is 5.32 Å². The third-order valence-corrected chi connectivity index (χ3v) is 2.73. The molecule has 0 aliphatic carbocycles. The second-order valence-corrected chi connectivity index (χ2v) is 5.90. The molecule has 1 aromatic carbocycles. The Labute approximate surface area is 124 Å². The van der Waals surface area contributed by atoms with E-state index in [2.05, 4.69) is 5.32 Å². The highest BCUT2D eigenvalue weighted by Crippen LogP contribution is 2.16. The number of hydrogen-bond donors (Lipinski definition) is 1. The van der Waals surface area contributed by atoms with Crippen LogP contribution in [0.2, 0.25) is 0 Å². The van der Waals surface area contributed by atoms with E-state index in [9.17, 15) is 14.0 Å². The number of ether oxygens (including phenoxy) is 1. The van der Waals surface area contributed by atoms with Crippen molar-refractivity contribution < 1.29 is 18.7 Å². The third-order valence-electron chi connectivity index (χ3n) is 2.73. The molecule has 1 N–H and O–H groups in total. The highest BCUT2D eigenvalue weighted by molar-refractivity contribution is 5.81. The van der Waals surface area contributed by atoms with E-state index in [1.165, 1.54) is 6.07 Å². The topological polar surface area (TPSA) is 55.4 Å². The molecule has 116 valence electrons. The maximum absolute atomic E-state index is 13.6. The second kappa shape index (κ2) is 7.20. The van der Waals surface area contributed by atoms with Crippen LogP contribution in [0.3, 0.4) is 0 Å². The van der Waals surface area contributed by atoms with Crippen molar-refractivity contribution in [2.75, 3.05) is 0 Å². The molecule has 1 rings (SSSR count). The van der Waals surface area contributed by atoms with Gasteiger partial charge in [-0.05, 0) is 33.8 Å². The Morgan fingerprint density at radius 3 is 2.43 bits per heavy atom. The van der Waals surface area contributed by atoms with Gasteiger partial charge in [-0.25, -0.2) is 4.39 Å². The molecule has 5 heteroatoms. The molecule has 0 aliphatic heterocycles. The van der Waals surface area contributed by atoms with Crippen LogP contribution in [0, 0.1) is 5.82 Å². The zero-order chi connectivity index (χ0) is 16.0. The van der Waals surface area contributed by atoms with Crippen molar-refractivity contribution in [3.8, 4) is 0 Å². The minimum Gasteiger partial charge on any atom is -0.460 e. The Balaban J connectivity index is 2.44. The van der Waals surface area contributed by atoms with Gasteiger partial charge in [-0.1, -0.05) is 18.2 Å². The van der Waals surface area contributed by atoms with Crippen LogP contribution in [0.25, 0.3) is 0 Å². The van der Waals surface area contributed by atoms with Crippen molar-refractivity contribution in [1.29, 1.82) is 0 Å². The van der Waals surface area contributed by atoms with Gasteiger partial charge in [-0.15, -0.1) is 0 Å². The second-order valence-electron chi connectivity index (χ2n) is 5.90. The van der Waals surface area contributed by atoms with Gasteiger partial charge in [0, 0.05) is 12.0 Å². The average Bonchev–Trinajstić information content (AvgIpc) is 2.34. The van der Waals surface area contributed by atoms with Crippen LogP contribution in [-0.4, -0.2) is 17.5 Å². The average molecular weight is 295 g/mol. The smallest absolute Gasteiger partial charge is 0.306 e.